The van der Waals surface area contributed by atoms with Crippen molar-refractivity contribution in [3.63, 3.8) is 0 Å². The lowest BCUT2D eigenvalue weighted by Crippen LogP contribution is -2.36. The van der Waals surface area contributed by atoms with Crippen LogP contribution >= 0.6 is 0 Å². The standard InChI is InChI=1S/C14H21NO5S/c1-9-5-6-10(14(2,3)4)7-12(9)21(19,20)15-8-11(16)13(17)18/h5-7,11,15-16H,8H2,1-4H3,(H,17,18)/t11-/m0/s1. The van der Waals surface area contributed by atoms with Gasteiger partial charge in [-0.25, -0.2) is 17.9 Å². The summed E-state index contributed by atoms with van der Waals surface area (Å²) in [6.07, 6.45) is -1.77. The van der Waals surface area contributed by atoms with Crippen LogP contribution in [0.3, 0.4) is 0 Å². The fourth-order valence-electron chi connectivity index (χ4n) is 1.71. The Morgan fingerprint density at radius 2 is 1.90 bits per heavy atom. The Morgan fingerprint density at radius 3 is 2.38 bits per heavy atom. The normalized spacial score (nSPS) is 14.0. The third-order valence-electron chi connectivity index (χ3n) is 3.10. The van der Waals surface area contributed by atoms with Crippen LogP contribution in [0.15, 0.2) is 23.1 Å². The molecule has 21 heavy (non-hydrogen) atoms. The van der Waals surface area contributed by atoms with Crippen LogP contribution in [0.5, 0.6) is 0 Å². The summed E-state index contributed by atoms with van der Waals surface area (Å²) in [7, 11) is -3.88. The molecule has 0 amide bonds. The van der Waals surface area contributed by atoms with Crippen molar-refractivity contribution in [2.24, 2.45) is 0 Å². The van der Waals surface area contributed by atoms with Crippen LogP contribution in [0, 0.1) is 6.92 Å². The summed E-state index contributed by atoms with van der Waals surface area (Å²) in [6, 6.07) is 5.15. The third-order valence-corrected chi connectivity index (χ3v) is 4.66. The van der Waals surface area contributed by atoms with E-state index in [1.165, 1.54) is 0 Å². The lowest BCUT2D eigenvalue weighted by molar-refractivity contribution is -0.146. The lowest BCUT2D eigenvalue weighted by atomic mass is 9.87. The Bertz CT molecular complexity index is 631. The maximum Gasteiger partial charge on any atom is 0.333 e. The number of benzene rings is 1. The molecule has 0 aliphatic carbocycles. The molecule has 0 fully saturated rings. The lowest BCUT2D eigenvalue weighted by Gasteiger charge is -2.21. The molecule has 7 heteroatoms. The van der Waals surface area contributed by atoms with Gasteiger partial charge >= 0.3 is 5.97 Å². The second-order valence-corrected chi connectivity index (χ2v) is 7.67. The van der Waals surface area contributed by atoms with E-state index in [4.69, 9.17) is 10.2 Å². The summed E-state index contributed by atoms with van der Waals surface area (Å²) >= 11 is 0. The number of hydrogen-bond acceptors (Lipinski definition) is 4. The smallest absolute Gasteiger partial charge is 0.333 e. The molecule has 0 unspecified atom stereocenters. The second-order valence-electron chi connectivity index (χ2n) is 5.94. The van der Waals surface area contributed by atoms with Crippen LogP contribution in [0.25, 0.3) is 0 Å². The van der Waals surface area contributed by atoms with Gasteiger partial charge in [-0.15, -0.1) is 0 Å². The molecule has 0 aliphatic heterocycles. The number of sulfonamides is 1. The first-order chi connectivity index (χ1) is 9.45. The van der Waals surface area contributed by atoms with Crippen molar-refractivity contribution in [1.82, 2.24) is 4.72 Å². The Kier molecular flexibility index (Phi) is 5.14. The van der Waals surface area contributed by atoms with Gasteiger partial charge in [0, 0.05) is 6.54 Å². The zero-order chi connectivity index (χ0) is 16.4. The van der Waals surface area contributed by atoms with E-state index in [0.29, 0.717) is 5.56 Å². The average molecular weight is 315 g/mol. The number of aliphatic hydroxyl groups is 1. The van der Waals surface area contributed by atoms with Crippen LogP contribution in [0.4, 0.5) is 0 Å². The maximum absolute atomic E-state index is 12.2. The van der Waals surface area contributed by atoms with E-state index < -0.39 is 28.6 Å². The minimum absolute atomic E-state index is 0.0903. The fraction of sp³-hybridized carbons (Fsp3) is 0.500. The largest absolute Gasteiger partial charge is 0.479 e. The van der Waals surface area contributed by atoms with Crippen LogP contribution in [-0.4, -0.2) is 37.2 Å². The van der Waals surface area contributed by atoms with Crippen molar-refractivity contribution in [2.75, 3.05) is 6.54 Å². The zero-order valence-electron chi connectivity index (χ0n) is 12.5. The van der Waals surface area contributed by atoms with Crippen molar-refractivity contribution in [1.29, 1.82) is 0 Å². The highest BCUT2D eigenvalue weighted by atomic mass is 32.2. The highest BCUT2D eigenvalue weighted by molar-refractivity contribution is 7.89. The number of carboxylic acids is 1. The first-order valence-electron chi connectivity index (χ1n) is 6.47. The second kappa shape index (κ2) is 6.13. The number of aliphatic hydroxyl groups excluding tert-OH is 1. The molecule has 1 rings (SSSR count). The van der Waals surface area contributed by atoms with Gasteiger partial charge in [-0.1, -0.05) is 32.9 Å². The molecule has 6 nitrogen and oxygen atoms in total. The van der Waals surface area contributed by atoms with Crippen LogP contribution in [0.2, 0.25) is 0 Å². The van der Waals surface area contributed by atoms with Gasteiger partial charge in [0.1, 0.15) is 0 Å². The molecule has 0 radical (unpaired) electrons. The molecule has 0 spiro atoms. The van der Waals surface area contributed by atoms with Crippen LogP contribution in [-0.2, 0) is 20.2 Å². The van der Waals surface area contributed by atoms with E-state index in [1.807, 2.05) is 26.8 Å². The number of carboxylic acid groups (broad SMARTS) is 1. The summed E-state index contributed by atoms with van der Waals surface area (Å²) in [5.74, 6) is -1.47. The van der Waals surface area contributed by atoms with Gasteiger partial charge in [-0.2, -0.15) is 0 Å². The minimum atomic E-state index is -3.88. The van der Waals surface area contributed by atoms with Gasteiger partial charge in [-0.05, 0) is 29.5 Å². The summed E-state index contributed by atoms with van der Waals surface area (Å²) in [4.78, 5) is 10.6. The van der Waals surface area contributed by atoms with E-state index in [0.717, 1.165) is 5.56 Å². The topological polar surface area (TPSA) is 104 Å². The van der Waals surface area contributed by atoms with Gasteiger partial charge in [0.25, 0.3) is 0 Å². The van der Waals surface area contributed by atoms with Gasteiger partial charge in [0.05, 0.1) is 4.90 Å². The molecule has 0 heterocycles. The van der Waals surface area contributed by atoms with E-state index in [9.17, 15) is 13.2 Å². The SMILES string of the molecule is Cc1ccc(C(C)(C)C)cc1S(=O)(=O)NC[C@H](O)C(=O)O. The average Bonchev–Trinajstić information content (AvgIpc) is 2.34. The Balaban J connectivity index is 3.11. The van der Waals surface area contributed by atoms with Crippen molar-refractivity contribution in [3.05, 3.63) is 29.3 Å². The highest BCUT2D eigenvalue weighted by Crippen LogP contribution is 2.26. The molecule has 118 valence electrons. The summed E-state index contributed by atoms with van der Waals surface area (Å²) in [5, 5.41) is 17.7. The molecule has 1 aromatic rings. The van der Waals surface area contributed by atoms with Gasteiger partial charge < -0.3 is 10.2 Å². The molecule has 1 aromatic carbocycles. The van der Waals surface area contributed by atoms with E-state index in [2.05, 4.69) is 4.72 Å². The number of hydrogen-bond donors (Lipinski definition) is 3. The van der Waals surface area contributed by atoms with Crippen LogP contribution < -0.4 is 4.72 Å². The van der Waals surface area contributed by atoms with E-state index >= 15 is 0 Å². The number of aryl methyl sites for hydroxylation is 1. The Hall–Kier alpha value is -1.44. The first kappa shape index (κ1) is 17.6. The maximum atomic E-state index is 12.2. The number of carbonyl (C=O) groups is 1. The fourth-order valence-corrected chi connectivity index (χ4v) is 3.02. The van der Waals surface area contributed by atoms with Gasteiger partial charge in [0.15, 0.2) is 6.10 Å². The number of rotatable bonds is 5. The van der Waals surface area contributed by atoms with Crippen molar-refractivity contribution < 1.29 is 23.4 Å². The van der Waals surface area contributed by atoms with E-state index in [-0.39, 0.29) is 10.3 Å². The first-order valence-corrected chi connectivity index (χ1v) is 7.95. The van der Waals surface area contributed by atoms with Gasteiger partial charge in [-0.3, -0.25) is 0 Å². The molecular formula is C14H21NO5S. The van der Waals surface area contributed by atoms with Gasteiger partial charge in [0.2, 0.25) is 10.0 Å². The molecule has 0 aromatic heterocycles. The summed E-state index contributed by atoms with van der Waals surface area (Å²) < 4.78 is 26.6. The molecule has 0 saturated heterocycles. The third kappa shape index (κ3) is 4.52. The van der Waals surface area contributed by atoms with Crippen molar-refractivity contribution in [3.8, 4) is 0 Å². The van der Waals surface area contributed by atoms with E-state index in [1.54, 1.807) is 19.1 Å². The predicted molar refractivity (Wildman–Crippen MR) is 78.7 cm³/mol. The molecule has 3 N–H and O–H groups in total. The highest BCUT2D eigenvalue weighted by Gasteiger charge is 2.23. The summed E-state index contributed by atoms with van der Waals surface area (Å²) in [5.41, 5.74) is 1.20. The Labute approximate surface area is 124 Å². The Morgan fingerprint density at radius 1 is 1.33 bits per heavy atom. The molecule has 0 saturated carbocycles. The quantitative estimate of drug-likeness (QED) is 0.752. The zero-order valence-corrected chi connectivity index (χ0v) is 13.4. The number of aliphatic carboxylic acids is 1. The van der Waals surface area contributed by atoms with Crippen molar-refractivity contribution >= 4 is 16.0 Å². The molecule has 1 atom stereocenters. The minimum Gasteiger partial charge on any atom is -0.479 e. The predicted octanol–water partition coefficient (Wildman–Crippen LogP) is 1.02. The molecule has 0 bridgehead atoms. The summed E-state index contributed by atoms with van der Waals surface area (Å²) in [6.45, 7) is 6.99. The monoisotopic (exact) mass is 315 g/mol. The number of nitrogens with one attached hydrogen (secondary N) is 1. The molecular weight excluding hydrogens is 294 g/mol. The molecule has 0 aliphatic rings. The van der Waals surface area contributed by atoms with Crippen LogP contribution in [0.1, 0.15) is 31.9 Å². The van der Waals surface area contributed by atoms with Crippen molar-refractivity contribution in [2.45, 2.75) is 44.1 Å².